The van der Waals surface area contributed by atoms with Gasteiger partial charge in [-0.2, -0.15) is 0 Å². The van der Waals surface area contributed by atoms with Crippen LogP contribution < -0.4 is 10.2 Å². The fourth-order valence-corrected chi connectivity index (χ4v) is 2.80. The Bertz CT molecular complexity index is 1070. The highest BCUT2D eigenvalue weighted by Gasteiger charge is 2.06. The molecule has 0 saturated heterocycles. The van der Waals surface area contributed by atoms with Crippen LogP contribution in [0, 0.1) is 0 Å². The number of hydrogen-bond donors (Lipinski definition) is 2. The van der Waals surface area contributed by atoms with Gasteiger partial charge in [0.25, 0.3) is 0 Å². The minimum atomic E-state index is 0.360. The predicted octanol–water partition coefficient (Wildman–Crippen LogP) is 5.07. The second-order valence-electron chi connectivity index (χ2n) is 6.02. The van der Waals surface area contributed by atoms with Crippen molar-refractivity contribution in [3.05, 3.63) is 96.3 Å². The molecule has 1 aromatic heterocycles. The molecule has 4 rings (SSSR count). The van der Waals surface area contributed by atoms with Crippen LogP contribution >= 0.6 is 0 Å². The van der Waals surface area contributed by atoms with Crippen LogP contribution in [0.2, 0.25) is 0 Å². The molecule has 5 nitrogen and oxygen atoms in total. The first-order valence-electron chi connectivity index (χ1n) is 8.55. The lowest BCUT2D eigenvalue weighted by molar-refractivity contribution is 0.235. The number of aliphatic imine (C=N–C) groups is 1. The zero-order valence-electron chi connectivity index (χ0n) is 14.5. The highest BCUT2D eigenvalue weighted by atomic mass is 16.5. The Hall–Kier alpha value is -3.57. The second kappa shape index (κ2) is 7.76. The molecular weight excluding hydrogens is 340 g/mol. The van der Waals surface area contributed by atoms with E-state index in [4.69, 9.17) is 9.15 Å². The lowest BCUT2D eigenvalue weighted by Crippen LogP contribution is -2.19. The van der Waals surface area contributed by atoms with Crippen LogP contribution in [-0.4, -0.2) is 11.0 Å². The second-order valence-corrected chi connectivity index (χ2v) is 6.02. The average molecular weight is 358 g/mol. The number of furan rings is 1. The highest BCUT2D eigenvalue weighted by Crippen LogP contribution is 2.20. The Morgan fingerprint density at radius 1 is 0.963 bits per heavy atom. The first-order valence-corrected chi connectivity index (χ1v) is 8.55. The zero-order chi connectivity index (χ0) is 18.5. The predicted molar refractivity (Wildman–Crippen MR) is 105 cm³/mol. The quantitative estimate of drug-likeness (QED) is 0.297. The largest absolute Gasteiger partial charge is 0.489 e. The smallest absolute Gasteiger partial charge is 0.157 e. The minimum Gasteiger partial charge on any atom is -0.489 e. The van der Waals surface area contributed by atoms with Crippen LogP contribution in [-0.2, 0) is 6.61 Å². The summed E-state index contributed by atoms with van der Waals surface area (Å²) in [5.74, 6) is 1.18. The summed E-state index contributed by atoms with van der Waals surface area (Å²) >= 11 is 0. The molecule has 0 aliphatic heterocycles. The maximum atomic E-state index is 9.56. The number of hydroxylamine groups is 1. The van der Waals surface area contributed by atoms with Gasteiger partial charge in [-0.25, -0.2) is 4.99 Å². The molecule has 0 aliphatic rings. The van der Waals surface area contributed by atoms with E-state index in [1.54, 1.807) is 6.26 Å². The third kappa shape index (κ3) is 3.99. The Balaban J connectivity index is 1.56. The number of amidine groups is 1. The van der Waals surface area contributed by atoms with E-state index < -0.39 is 0 Å². The Labute approximate surface area is 156 Å². The van der Waals surface area contributed by atoms with Crippen LogP contribution in [0.15, 0.2) is 94.5 Å². The van der Waals surface area contributed by atoms with E-state index in [9.17, 15) is 5.21 Å². The fraction of sp³-hybridized carbons (Fsp3) is 0.0455. The summed E-state index contributed by atoms with van der Waals surface area (Å²) in [5, 5.41) is 10.5. The molecule has 0 aliphatic carbocycles. The van der Waals surface area contributed by atoms with Crippen molar-refractivity contribution in [2.24, 2.45) is 4.99 Å². The Morgan fingerprint density at radius 3 is 2.70 bits per heavy atom. The number of benzene rings is 3. The number of nitrogens with one attached hydrogen (secondary N) is 1. The fourth-order valence-electron chi connectivity index (χ4n) is 2.80. The van der Waals surface area contributed by atoms with E-state index in [0.717, 1.165) is 27.8 Å². The zero-order valence-corrected chi connectivity index (χ0v) is 14.5. The molecule has 0 bridgehead atoms. The van der Waals surface area contributed by atoms with E-state index >= 15 is 0 Å². The van der Waals surface area contributed by atoms with Gasteiger partial charge in [-0.15, -0.1) is 0 Å². The summed E-state index contributed by atoms with van der Waals surface area (Å²) in [6, 6.07) is 24.8. The lowest BCUT2D eigenvalue weighted by Gasteiger charge is -2.08. The summed E-state index contributed by atoms with van der Waals surface area (Å²) in [7, 11) is 0. The number of fused-ring (bicyclic) bond motifs is 1. The van der Waals surface area contributed by atoms with E-state index in [2.05, 4.69) is 10.5 Å². The summed E-state index contributed by atoms with van der Waals surface area (Å²) in [5.41, 5.74) is 5.44. The first-order chi connectivity index (χ1) is 13.3. The van der Waals surface area contributed by atoms with Gasteiger partial charge in [0.2, 0.25) is 0 Å². The van der Waals surface area contributed by atoms with Crippen LogP contribution in [0.3, 0.4) is 0 Å². The molecule has 0 unspecified atom stereocenters. The van der Waals surface area contributed by atoms with Crippen molar-refractivity contribution in [1.29, 1.82) is 0 Å². The summed E-state index contributed by atoms with van der Waals surface area (Å²) in [4.78, 5) is 4.52. The molecule has 5 heteroatoms. The SMILES string of the molecule is ONC(=Nc1cccc(COc2ccccc2)c1)c1ccc2occc2c1. The first kappa shape index (κ1) is 16.9. The van der Waals surface area contributed by atoms with Crippen molar-refractivity contribution in [2.45, 2.75) is 6.61 Å². The number of rotatable bonds is 5. The normalized spacial score (nSPS) is 11.5. The summed E-state index contributed by atoms with van der Waals surface area (Å²) < 4.78 is 11.1. The van der Waals surface area contributed by atoms with Gasteiger partial charge in [-0.05, 0) is 54.1 Å². The average Bonchev–Trinajstić information content (AvgIpc) is 3.19. The van der Waals surface area contributed by atoms with Crippen LogP contribution in [0.1, 0.15) is 11.1 Å². The molecule has 0 amide bonds. The summed E-state index contributed by atoms with van der Waals surface area (Å²) in [6.45, 7) is 0.441. The van der Waals surface area contributed by atoms with Crippen LogP contribution in [0.5, 0.6) is 5.75 Å². The third-order valence-corrected chi connectivity index (χ3v) is 4.13. The Kier molecular flexibility index (Phi) is 4.85. The molecule has 2 N–H and O–H groups in total. The maximum absolute atomic E-state index is 9.56. The van der Waals surface area contributed by atoms with E-state index in [1.807, 2.05) is 78.9 Å². The van der Waals surface area contributed by atoms with Gasteiger partial charge >= 0.3 is 0 Å². The molecule has 134 valence electrons. The molecule has 0 saturated carbocycles. The number of hydrogen-bond acceptors (Lipinski definition) is 4. The van der Waals surface area contributed by atoms with Crippen molar-refractivity contribution in [2.75, 3.05) is 0 Å². The maximum Gasteiger partial charge on any atom is 0.157 e. The summed E-state index contributed by atoms with van der Waals surface area (Å²) in [6.07, 6.45) is 1.63. The standard InChI is InChI=1S/C22H18N2O3/c25-24-22(18-9-10-21-17(14-18)11-12-26-21)23-19-6-4-5-16(13-19)15-27-20-7-2-1-3-8-20/h1-14,25H,15H2,(H,23,24). The van der Waals surface area contributed by atoms with Crippen molar-refractivity contribution >= 4 is 22.5 Å². The molecule has 4 aromatic rings. The van der Waals surface area contributed by atoms with Gasteiger partial charge in [-0.3, -0.25) is 10.7 Å². The van der Waals surface area contributed by atoms with Gasteiger partial charge in [-0.1, -0.05) is 30.3 Å². The number of para-hydroxylation sites is 1. The molecule has 1 heterocycles. The van der Waals surface area contributed by atoms with E-state index in [1.165, 1.54) is 0 Å². The number of nitrogens with zero attached hydrogens (tertiary/aromatic N) is 1. The van der Waals surface area contributed by atoms with Crippen molar-refractivity contribution in [1.82, 2.24) is 5.48 Å². The molecule has 0 atom stereocenters. The van der Waals surface area contributed by atoms with E-state index in [-0.39, 0.29) is 0 Å². The van der Waals surface area contributed by atoms with Crippen molar-refractivity contribution in [3.63, 3.8) is 0 Å². The molecule has 3 aromatic carbocycles. The van der Waals surface area contributed by atoms with Gasteiger partial charge in [0.1, 0.15) is 17.9 Å². The minimum absolute atomic E-state index is 0.360. The molecule has 0 fully saturated rings. The van der Waals surface area contributed by atoms with Crippen molar-refractivity contribution in [3.8, 4) is 5.75 Å². The Morgan fingerprint density at radius 2 is 1.85 bits per heavy atom. The van der Waals surface area contributed by atoms with Gasteiger partial charge in [0.15, 0.2) is 5.84 Å². The van der Waals surface area contributed by atoms with Gasteiger partial charge < -0.3 is 9.15 Å². The van der Waals surface area contributed by atoms with Gasteiger partial charge in [0.05, 0.1) is 12.0 Å². The lowest BCUT2D eigenvalue weighted by atomic mass is 10.1. The third-order valence-electron chi connectivity index (χ3n) is 4.13. The van der Waals surface area contributed by atoms with E-state index in [0.29, 0.717) is 18.1 Å². The number of ether oxygens (including phenoxy) is 1. The van der Waals surface area contributed by atoms with Crippen LogP contribution in [0.4, 0.5) is 5.69 Å². The topological polar surface area (TPSA) is 67.0 Å². The molecule has 0 radical (unpaired) electrons. The van der Waals surface area contributed by atoms with Gasteiger partial charge in [0, 0.05) is 10.9 Å². The monoisotopic (exact) mass is 358 g/mol. The highest BCUT2D eigenvalue weighted by molar-refractivity contribution is 6.02. The molecular formula is C22H18N2O3. The molecule has 0 spiro atoms. The van der Waals surface area contributed by atoms with Crippen molar-refractivity contribution < 1.29 is 14.4 Å². The molecule has 27 heavy (non-hydrogen) atoms. The van der Waals surface area contributed by atoms with Crippen LogP contribution in [0.25, 0.3) is 11.0 Å².